The fourth-order valence-corrected chi connectivity index (χ4v) is 1.82. The van der Waals surface area contributed by atoms with E-state index in [0.717, 1.165) is 25.9 Å². The quantitative estimate of drug-likeness (QED) is 0.499. The summed E-state index contributed by atoms with van der Waals surface area (Å²) in [5, 5.41) is 6.48. The molecule has 0 saturated carbocycles. The molecule has 2 N–H and O–H groups in total. The van der Waals surface area contributed by atoms with E-state index >= 15 is 0 Å². The van der Waals surface area contributed by atoms with Crippen molar-refractivity contribution in [2.45, 2.75) is 24.4 Å². The molecule has 0 aromatic carbocycles. The van der Waals surface area contributed by atoms with E-state index in [0.29, 0.717) is 6.04 Å². The van der Waals surface area contributed by atoms with Gasteiger partial charge < -0.3 is 5.32 Å². The maximum atomic E-state index is 10.5. The summed E-state index contributed by atoms with van der Waals surface area (Å²) >= 11 is 0. The van der Waals surface area contributed by atoms with Crippen molar-refractivity contribution in [3.05, 3.63) is 0 Å². The molecule has 2 aliphatic heterocycles. The van der Waals surface area contributed by atoms with Gasteiger partial charge in [0.05, 0.1) is 5.54 Å². The van der Waals surface area contributed by atoms with E-state index in [1.165, 1.54) is 0 Å². The van der Waals surface area contributed by atoms with Gasteiger partial charge in [-0.25, -0.2) is 0 Å². The predicted molar refractivity (Wildman–Crippen MR) is 37.5 cm³/mol. The third-order valence-corrected chi connectivity index (χ3v) is 2.41. The van der Waals surface area contributed by atoms with E-state index < -0.39 is 0 Å². The number of rotatable bonds is 1. The highest BCUT2D eigenvalue weighted by Gasteiger charge is 2.41. The third-order valence-electron chi connectivity index (χ3n) is 2.41. The molecule has 2 unspecified atom stereocenters. The van der Waals surface area contributed by atoms with Crippen molar-refractivity contribution in [3.8, 4) is 0 Å². The Morgan fingerprint density at radius 3 is 3.20 bits per heavy atom. The van der Waals surface area contributed by atoms with Crippen LogP contribution in [0.5, 0.6) is 0 Å². The lowest BCUT2D eigenvalue weighted by molar-refractivity contribution is 0.357. The lowest BCUT2D eigenvalue weighted by Gasteiger charge is -2.29. The van der Waals surface area contributed by atoms with Crippen molar-refractivity contribution in [2.75, 3.05) is 13.1 Å². The molecule has 10 heavy (non-hydrogen) atoms. The Balaban J connectivity index is 2.16. The van der Waals surface area contributed by atoms with E-state index in [1.807, 2.05) is 0 Å². The summed E-state index contributed by atoms with van der Waals surface area (Å²) in [5.74, 6) is 0. The molecule has 0 amide bonds. The van der Waals surface area contributed by atoms with Crippen LogP contribution in [0.1, 0.15) is 12.8 Å². The first-order valence-corrected chi connectivity index (χ1v) is 3.72. The average Bonchev–Trinajstić information content (AvgIpc) is 2.29. The first-order valence-electron chi connectivity index (χ1n) is 3.72. The Morgan fingerprint density at radius 1 is 1.60 bits per heavy atom. The molecule has 2 atom stereocenters. The number of nitrogens with one attached hydrogen (secondary N) is 2. The Hall–Kier alpha value is -0.410. The Labute approximate surface area is 60.2 Å². The number of hydrogen-bond donors (Lipinski definition) is 2. The molecule has 0 aromatic heterocycles. The van der Waals surface area contributed by atoms with Crippen LogP contribution in [0.2, 0.25) is 0 Å². The summed E-state index contributed by atoms with van der Waals surface area (Å²) in [5.41, 5.74) is -0.330. The molecule has 3 heteroatoms. The highest BCUT2D eigenvalue weighted by Crippen LogP contribution is 2.23. The van der Waals surface area contributed by atoms with Crippen molar-refractivity contribution in [2.24, 2.45) is 0 Å². The fraction of sp³-hybridized carbons (Fsp3) is 0.857. The minimum atomic E-state index is -0.330. The Bertz CT molecular complexity index is 156. The second-order valence-corrected chi connectivity index (χ2v) is 3.20. The zero-order valence-electron chi connectivity index (χ0n) is 5.81. The zero-order chi connectivity index (χ0) is 7.03. The van der Waals surface area contributed by atoms with Gasteiger partial charge in [-0.15, -0.1) is 0 Å². The smallest absolute Gasteiger partial charge is 0.221 e. The molecule has 2 bridgehead atoms. The summed E-state index contributed by atoms with van der Waals surface area (Å²) < 4.78 is 0. The van der Waals surface area contributed by atoms with E-state index in [-0.39, 0.29) is 5.54 Å². The van der Waals surface area contributed by atoms with Crippen molar-refractivity contribution < 1.29 is 4.79 Å². The summed E-state index contributed by atoms with van der Waals surface area (Å²) in [7, 11) is 0. The largest absolute Gasteiger partial charge is 0.313 e. The predicted octanol–water partition coefficient (Wildman–Crippen LogP) is -0.810. The highest BCUT2D eigenvalue weighted by molar-refractivity contribution is 5.66. The summed E-state index contributed by atoms with van der Waals surface area (Å²) in [6, 6.07) is 0.509. The summed E-state index contributed by atoms with van der Waals surface area (Å²) in [6.07, 6.45) is 4.15. The van der Waals surface area contributed by atoms with Crippen LogP contribution in [0, 0.1) is 0 Å². The summed E-state index contributed by atoms with van der Waals surface area (Å²) in [6.45, 7) is 1.76. The topological polar surface area (TPSA) is 41.1 Å². The van der Waals surface area contributed by atoms with Crippen molar-refractivity contribution in [1.82, 2.24) is 10.6 Å². The van der Waals surface area contributed by atoms with Crippen molar-refractivity contribution >= 4 is 6.29 Å². The molecule has 3 nitrogen and oxygen atoms in total. The second-order valence-electron chi connectivity index (χ2n) is 3.20. The molecule has 1 radical (unpaired) electrons. The molecule has 55 valence electrons. The number of hydrogen-bond acceptors (Lipinski definition) is 3. The third kappa shape index (κ3) is 0.777. The van der Waals surface area contributed by atoms with E-state index in [4.69, 9.17) is 0 Å². The normalized spacial score (nSPS) is 45.4. The van der Waals surface area contributed by atoms with Gasteiger partial charge >= 0.3 is 0 Å². The molecule has 2 aliphatic rings. The average molecular weight is 139 g/mol. The maximum absolute atomic E-state index is 10.5. The van der Waals surface area contributed by atoms with Crippen LogP contribution in [0.3, 0.4) is 0 Å². The highest BCUT2D eigenvalue weighted by atomic mass is 16.1. The maximum Gasteiger partial charge on any atom is 0.221 e. The lowest BCUT2D eigenvalue weighted by Crippen LogP contribution is -2.58. The first kappa shape index (κ1) is 6.31. The second kappa shape index (κ2) is 2.04. The molecule has 0 aromatic rings. The number of piperazine rings is 1. The van der Waals surface area contributed by atoms with Crippen LogP contribution in [0.25, 0.3) is 0 Å². The first-order chi connectivity index (χ1) is 4.85. The van der Waals surface area contributed by atoms with Gasteiger partial charge in [-0.05, 0) is 12.8 Å². The monoisotopic (exact) mass is 139 g/mol. The van der Waals surface area contributed by atoms with Crippen molar-refractivity contribution in [1.29, 1.82) is 0 Å². The molecule has 2 fully saturated rings. The van der Waals surface area contributed by atoms with Gasteiger partial charge in [0, 0.05) is 19.1 Å². The minimum absolute atomic E-state index is 0.330. The fourth-order valence-electron chi connectivity index (χ4n) is 1.82. The van der Waals surface area contributed by atoms with Crippen LogP contribution < -0.4 is 10.6 Å². The Kier molecular flexibility index (Phi) is 1.28. The number of fused-ring (bicyclic) bond motifs is 2. The van der Waals surface area contributed by atoms with Gasteiger partial charge in [0.1, 0.15) is 0 Å². The summed E-state index contributed by atoms with van der Waals surface area (Å²) in [4.78, 5) is 10.5. The molecule has 2 heterocycles. The molecule has 0 aliphatic carbocycles. The van der Waals surface area contributed by atoms with E-state index in [9.17, 15) is 4.79 Å². The lowest BCUT2D eigenvalue weighted by atomic mass is 10.0. The number of carbonyl (C=O) groups excluding carboxylic acids is 1. The molecular weight excluding hydrogens is 128 g/mol. The standard InChI is InChI=1S/C7H11N2O/c10-5-7-2-1-6(9-7)3-8-4-7/h6,8-9H,1-4H2. The van der Waals surface area contributed by atoms with Gasteiger partial charge in [0.25, 0.3) is 0 Å². The van der Waals surface area contributed by atoms with Crippen LogP contribution in [0.15, 0.2) is 0 Å². The minimum Gasteiger partial charge on any atom is -0.313 e. The van der Waals surface area contributed by atoms with Crippen LogP contribution in [-0.4, -0.2) is 31.0 Å². The Morgan fingerprint density at radius 2 is 2.50 bits per heavy atom. The van der Waals surface area contributed by atoms with Crippen molar-refractivity contribution in [3.63, 3.8) is 0 Å². The zero-order valence-corrected chi connectivity index (χ0v) is 5.81. The molecular formula is C7H11N2O. The van der Waals surface area contributed by atoms with Gasteiger partial charge in [-0.1, -0.05) is 0 Å². The van der Waals surface area contributed by atoms with Crippen LogP contribution >= 0.6 is 0 Å². The van der Waals surface area contributed by atoms with Crippen LogP contribution in [0.4, 0.5) is 0 Å². The van der Waals surface area contributed by atoms with Gasteiger partial charge in [0.2, 0.25) is 6.29 Å². The van der Waals surface area contributed by atoms with Gasteiger partial charge in [0.15, 0.2) is 0 Å². The molecule has 2 rings (SSSR count). The molecule has 0 spiro atoms. The van der Waals surface area contributed by atoms with Crippen LogP contribution in [-0.2, 0) is 4.79 Å². The van der Waals surface area contributed by atoms with E-state index in [2.05, 4.69) is 16.9 Å². The van der Waals surface area contributed by atoms with Gasteiger partial charge in [-0.3, -0.25) is 10.1 Å². The molecule has 2 saturated heterocycles. The van der Waals surface area contributed by atoms with E-state index in [1.54, 1.807) is 0 Å². The van der Waals surface area contributed by atoms with Gasteiger partial charge in [-0.2, -0.15) is 0 Å². The SMILES string of the molecule is O=[C]C12CCC(CNC1)N2.